The van der Waals surface area contributed by atoms with Gasteiger partial charge in [0.25, 0.3) is 0 Å². The van der Waals surface area contributed by atoms with Gasteiger partial charge in [-0.25, -0.2) is 0 Å². The predicted molar refractivity (Wildman–Crippen MR) is 96.5 cm³/mol. The molecule has 0 N–H and O–H groups in total. The van der Waals surface area contributed by atoms with Crippen LogP contribution in [0.1, 0.15) is 52.4 Å². The molecule has 0 aliphatic rings. The molecule has 0 fully saturated rings. The lowest BCUT2D eigenvalue weighted by Crippen LogP contribution is -2.74. The highest BCUT2D eigenvalue weighted by atomic mass is 127. The summed E-state index contributed by atoms with van der Waals surface area (Å²) in [6.07, 6.45) is -9.05. The number of alkyl halides is 18. The summed E-state index contributed by atoms with van der Waals surface area (Å²) in [5.41, 5.74) is 0. The highest BCUT2D eigenvalue weighted by Gasteiger charge is 2.95. The third kappa shape index (κ3) is 5.85. The van der Waals surface area contributed by atoms with Crippen LogP contribution >= 0.6 is 22.6 Å². The summed E-state index contributed by atoms with van der Waals surface area (Å²) in [6, 6.07) is 0. The topological polar surface area (TPSA) is 0 Å². The molecule has 0 heterocycles. The summed E-state index contributed by atoms with van der Waals surface area (Å²) in [5, 5.41) is 0. The van der Waals surface area contributed by atoms with Gasteiger partial charge in [0.15, 0.2) is 0 Å². The summed E-state index contributed by atoms with van der Waals surface area (Å²) in [7, 11) is 0. The van der Waals surface area contributed by atoms with Crippen LogP contribution < -0.4 is 0 Å². The van der Waals surface area contributed by atoms with Gasteiger partial charge < -0.3 is 0 Å². The molecule has 0 aromatic carbocycles. The molecule has 0 aromatic heterocycles. The quantitative estimate of drug-likeness (QED) is 0.0792. The van der Waals surface area contributed by atoms with Gasteiger partial charge in [0.1, 0.15) is 0 Å². The maximum Gasteiger partial charge on any atom is 0.460 e. The van der Waals surface area contributed by atoms with Crippen molar-refractivity contribution in [3.05, 3.63) is 0 Å². The van der Waals surface area contributed by atoms with Gasteiger partial charge in [-0.05, 0) is 6.42 Å². The molecule has 1 atom stereocenters. The van der Waals surface area contributed by atoms with Crippen LogP contribution in [0.4, 0.5) is 74.6 Å². The van der Waals surface area contributed by atoms with Crippen molar-refractivity contribution in [3.8, 4) is 0 Å². The van der Waals surface area contributed by atoms with Gasteiger partial charge >= 0.3 is 47.6 Å². The second kappa shape index (κ2) is 10.0. The van der Waals surface area contributed by atoms with Crippen molar-refractivity contribution in [2.45, 2.75) is 103 Å². The monoisotopic (exact) mass is 672 g/mol. The Morgan fingerprint density at radius 2 is 0.829 bits per heavy atom. The lowest BCUT2D eigenvalue weighted by Gasteiger charge is -2.43. The molecule has 0 spiro atoms. The van der Waals surface area contributed by atoms with E-state index < -0.39 is 63.9 Å². The van der Waals surface area contributed by atoms with E-state index in [1.807, 2.05) is 0 Å². The maximum atomic E-state index is 14.1. The lowest BCUT2D eigenvalue weighted by atomic mass is 9.85. The fraction of sp³-hybridized carbons (Fsp3) is 1.00. The van der Waals surface area contributed by atoms with Crippen molar-refractivity contribution in [2.24, 2.45) is 0 Å². The zero-order valence-corrected chi connectivity index (χ0v) is 19.7. The first-order valence-electron chi connectivity index (χ1n) is 9.42. The number of halogens is 18. The Bertz CT molecular complexity index is 708. The van der Waals surface area contributed by atoms with Gasteiger partial charge in [-0.2, -0.15) is 74.6 Å². The summed E-state index contributed by atoms with van der Waals surface area (Å²) >= 11 is 1.05. The first-order valence-corrected chi connectivity index (χ1v) is 10.5. The van der Waals surface area contributed by atoms with E-state index in [-0.39, 0.29) is 6.42 Å². The van der Waals surface area contributed by atoms with Crippen molar-refractivity contribution >= 4 is 22.6 Å². The van der Waals surface area contributed by atoms with E-state index in [1.54, 1.807) is 6.92 Å². The molecular formula is C17H18F17I. The zero-order chi connectivity index (χ0) is 28.7. The van der Waals surface area contributed by atoms with Crippen molar-refractivity contribution in [2.75, 3.05) is 0 Å². The predicted octanol–water partition coefficient (Wildman–Crippen LogP) is 9.55. The lowest BCUT2D eigenvalue weighted by molar-refractivity contribution is -0.462. The van der Waals surface area contributed by atoms with Crippen molar-refractivity contribution in [3.63, 3.8) is 0 Å². The third-order valence-electron chi connectivity index (χ3n) is 4.93. The molecule has 0 nitrogen and oxygen atoms in total. The van der Waals surface area contributed by atoms with Crippen LogP contribution in [-0.4, -0.2) is 51.1 Å². The molecule has 0 rings (SSSR count). The fourth-order valence-corrected chi connectivity index (χ4v) is 3.64. The van der Waals surface area contributed by atoms with Crippen LogP contribution in [0.3, 0.4) is 0 Å². The summed E-state index contributed by atoms with van der Waals surface area (Å²) < 4.78 is 224. The maximum absolute atomic E-state index is 14.1. The first-order chi connectivity index (χ1) is 15.0. The molecule has 0 saturated heterocycles. The van der Waals surface area contributed by atoms with Crippen LogP contribution in [0.25, 0.3) is 0 Å². The van der Waals surface area contributed by atoms with Crippen molar-refractivity contribution < 1.29 is 74.6 Å². The molecule has 0 amide bonds. The van der Waals surface area contributed by atoms with E-state index in [1.165, 1.54) is 0 Å². The number of rotatable bonds is 13. The van der Waals surface area contributed by atoms with Gasteiger partial charge in [-0.1, -0.05) is 62.1 Å². The van der Waals surface area contributed by atoms with E-state index >= 15 is 0 Å². The molecule has 18 heteroatoms. The minimum Gasteiger partial charge on any atom is -0.200 e. The molecule has 0 aromatic rings. The minimum absolute atomic E-state index is 0.0400. The number of hydrogen-bond acceptors (Lipinski definition) is 0. The highest BCUT2D eigenvalue weighted by Crippen LogP contribution is 2.64. The van der Waals surface area contributed by atoms with Crippen LogP contribution in [0.2, 0.25) is 0 Å². The SMILES string of the molecule is CCCCCCC(C)(I)CC(F)(F)C(F)(F)C(F)(F)C(F)(F)C(F)(F)C(F)(F)C(F)(F)C(F)(F)F. The van der Waals surface area contributed by atoms with Crippen LogP contribution in [0.15, 0.2) is 0 Å². The van der Waals surface area contributed by atoms with Crippen molar-refractivity contribution in [1.82, 2.24) is 0 Å². The second-order valence-corrected chi connectivity index (χ2v) is 10.7. The second-order valence-electron chi connectivity index (χ2n) is 8.05. The zero-order valence-electron chi connectivity index (χ0n) is 17.5. The molecule has 0 aliphatic heterocycles. The van der Waals surface area contributed by atoms with Gasteiger partial charge in [0, 0.05) is 9.84 Å². The van der Waals surface area contributed by atoms with E-state index in [0.717, 1.165) is 29.5 Å². The Morgan fingerprint density at radius 1 is 0.486 bits per heavy atom. The van der Waals surface area contributed by atoms with Crippen molar-refractivity contribution in [1.29, 1.82) is 0 Å². The van der Waals surface area contributed by atoms with E-state index in [9.17, 15) is 74.6 Å². The standard InChI is InChI=1S/C17H18F17I/c1-3-4-5-6-7-9(2,35)8-10(18,19)11(20,21)12(22,23)13(24,25)14(26,27)15(28,29)16(30,31)17(32,33)34/h3-8H2,1-2H3. The molecular weight excluding hydrogens is 654 g/mol. The van der Waals surface area contributed by atoms with E-state index in [2.05, 4.69) is 0 Å². The van der Waals surface area contributed by atoms with Gasteiger partial charge in [-0.3, -0.25) is 0 Å². The third-order valence-corrected chi connectivity index (χ3v) is 5.85. The van der Waals surface area contributed by atoms with Gasteiger partial charge in [0.05, 0.1) is 0 Å². The minimum atomic E-state index is -8.59. The van der Waals surface area contributed by atoms with E-state index in [4.69, 9.17) is 0 Å². The van der Waals surface area contributed by atoms with Crippen LogP contribution in [0, 0.1) is 0 Å². The molecule has 0 radical (unpaired) electrons. The Morgan fingerprint density at radius 3 is 1.17 bits per heavy atom. The molecule has 212 valence electrons. The molecule has 0 aliphatic carbocycles. The summed E-state index contributed by atoms with van der Waals surface area (Å²) in [5.74, 6) is -55.9. The molecule has 35 heavy (non-hydrogen) atoms. The summed E-state index contributed by atoms with van der Waals surface area (Å²) in [4.78, 5) is 0. The largest absolute Gasteiger partial charge is 0.460 e. The molecule has 1 unspecified atom stereocenters. The van der Waals surface area contributed by atoms with Gasteiger partial charge in [0.2, 0.25) is 0 Å². The number of hydrogen-bond donors (Lipinski definition) is 0. The smallest absolute Gasteiger partial charge is 0.200 e. The highest BCUT2D eigenvalue weighted by molar-refractivity contribution is 14.1. The average molecular weight is 672 g/mol. The molecule has 0 bridgehead atoms. The molecule has 0 saturated carbocycles. The summed E-state index contributed by atoms with van der Waals surface area (Å²) in [6.45, 7) is 2.48. The Balaban J connectivity index is 6.40. The average Bonchev–Trinajstić information content (AvgIpc) is 2.62. The normalized spacial score (nSPS) is 17.5. The number of unbranched alkanes of at least 4 members (excludes halogenated alkanes) is 3. The van der Waals surface area contributed by atoms with Gasteiger partial charge in [-0.15, -0.1) is 0 Å². The van der Waals surface area contributed by atoms with E-state index in [0.29, 0.717) is 19.3 Å². The Hall–Kier alpha value is -0.460. The first kappa shape index (κ1) is 34.5. The Labute approximate surface area is 201 Å². The van der Waals surface area contributed by atoms with Crippen LogP contribution in [0.5, 0.6) is 0 Å². The fourth-order valence-electron chi connectivity index (χ4n) is 2.78. The Kier molecular flexibility index (Phi) is 9.89. The van der Waals surface area contributed by atoms with Crippen LogP contribution in [-0.2, 0) is 0 Å².